The molecule has 1 unspecified atom stereocenters. The van der Waals surface area contributed by atoms with Gasteiger partial charge < -0.3 is 10.6 Å². The maximum absolute atomic E-state index is 6.01. The van der Waals surface area contributed by atoms with Crippen molar-refractivity contribution in [3.63, 3.8) is 0 Å². The number of nitrogens with zero attached hydrogens (tertiary/aromatic N) is 1. The Morgan fingerprint density at radius 2 is 2.25 bits per heavy atom. The van der Waals surface area contributed by atoms with Crippen LogP contribution in [0, 0.1) is 6.92 Å². The Balaban J connectivity index is 2.65. The lowest BCUT2D eigenvalue weighted by Crippen LogP contribution is -2.26. The molecule has 0 fully saturated rings. The highest BCUT2D eigenvalue weighted by atomic mass is 32.1. The first-order valence-electron chi connectivity index (χ1n) is 4.05. The molecular formula is C9H16N2S. The Morgan fingerprint density at radius 3 is 2.67 bits per heavy atom. The van der Waals surface area contributed by atoms with Crippen molar-refractivity contribution in [2.45, 2.75) is 13.0 Å². The van der Waals surface area contributed by atoms with Gasteiger partial charge in [0, 0.05) is 17.5 Å². The second-order valence-electron chi connectivity index (χ2n) is 3.30. The van der Waals surface area contributed by atoms with E-state index >= 15 is 0 Å². The maximum Gasteiger partial charge on any atom is 0.0434 e. The molecular weight excluding hydrogens is 168 g/mol. The smallest absolute Gasteiger partial charge is 0.0434 e. The molecule has 0 aliphatic rings. The zero-order valence-electron chi connectivity index (χ0n) is 7.87. The van der Waals surface area contributed by atoms with Crippen molar-refractivity contribution >= 4 is 11.3 Å². The predicted octanol–water partition coefficient (Wildman–Crippen LogP) is 1.62. The van der Waals surface area contributed by atoms with Gasteiger partial charge in [0.2, 0.25) is 0 Å². The summed E-state index contributed by atoms with van der Waals surface area (Å²) in [5.74, 6) is 0. The van der Waals surface area contributed by atoms with Crippen LogP contribution in [0.25, 0.3) is 0 Å². The first kappa shape index (κ1) is 9.71. The molecule has 0 aromatic carbocycles. The molecule has 0 aliphatic heterocycles. The SMILES string of the molecule is Cc1sccc1C(N)CN(C)C. The van der Waals surface area contributed by atoms with Crippen molar-refractivity contribution in [1.29, 1.82) is 0 Å². The fraction of sp³-hybridized carbons (Fsp3) is 0.556. The largest absolute Gasteiger partial charge is 0.323 e. The van der Waals surface area contributed by atoms with Crippen LogP contribution in [-0.2, 0) is 0 Å². The summed E-state index contributed by atoms with van der Waals surface area (Å²) in [5.41, 5.74) is 7.29. The van der Waals surface area contributed by atoms with Crippen LogP contribution in [0.2, 0.25) is 0 Å². The lowest BCUT2D eigenvalue weighted by atomic mass is 10.1. The van der Waals surface area contributed by atoms with Crippen LogP contribution in [0.3, 0.4) is 0 Å². The Kier molecular flexibility index (Phi) is 3.26. The molecule has 12 heavy (non-hydrogen) atoms. The molecule has 1 heterocycles. The van der Waals surface area contributed by atoms with Crippen molar-refractivity contribution in [1.82, 2.24) is 4.90 Å². The van der Waals surface area contributed by atoms with Crippen LogP contribution in [0.5, 0.6) is 0 Å². The molecule has 0 saturated heterocycles. The molecule has 1 aromatic heterocycles. The van der Waals surface area contributed by atoms with Gasteiger partial charge in [-0.05, 0) is 38.0 Å². The molecule has 0 bridgehead atoms. The van der Waals surface area contributed by atoms with Crippen molar-refractivity contribution in [2.75, 3.05) is 20.6 Å². The number of hydrogen-bond donors (Lipinski definition) is 1. The third-order valence-electron chi connectivity index (χ3n) is 1.86. The van der Waals surface area contributed by atoms with Crippen LogP contribution in [0.4, 0.5) is 0 Å². The number of aryl methyl sites for hydroxylation is 1. The van der Waals surface area contributed by atoms with Gasteiger partial charge in [-0.1, -0.05) is 0 Å². The first-order valence-corrected chi connectivity index (χ1v) is 4.93. The highest BCUT2D eigenvalue weighted by Gasteiger charge is 2.09. The monoisotopic (exact) mass is 184 g/mol. The van der Waals surface area contributed by atoms with Crippen molar-refractivity contribution in [3.8, 4) is 0 Å². The summed E-state index contributed by atoms with van der Waals surface area (Å²) >= 11 is 1.76. The molecule has 0 saturated carbocycles. The van der Waals surface area contributed by atoms with Gasteiger partial charge in [0.25, 0.3) is 0 Å². The van der Waals surface area contributed by atoms with Crippen LogP contribution in [0.1, 0.15) is 16.5 Å². The van der Waals surface area contributed by atoms with E-state index in [9.17, 15) is 0 Å². The molecule has 1 rings (SSSR count). The summed E-state index contributed by atoms with van der Waals surface area (Å²) in [5, 5.41) is 2.10. The molecule has 2 N–H and O–H groups in total. The quantitative estimate of drug-likeness (QED) is 0.773. The number of likely N-dealkylation sites (N-methyl/N-ethyl adjacent to an activating group) is 1. The Morgan fingerprint density at radius 1 is 1.58 bits per heavy atom. The molecule has 0 aliphatic carbocycles. The summed E-state index contributed by atoms with van der Waals surface area (Å²) in [6.45, 7) is 3.03. The Labute approximate surface area is 78.0 Å². The highest BCUT2D eigenvalue weighted by molar-refractivity contribution is 7.10. The standard InChI is InChI=1S/C9H16N2S/c1-7-8(4-5-12-7)9(10)6-11(2)3/h4-5,9H,6,10H2,1-3H3. The first-order chi connectivity index (χ1) is 5.61. The molecule has 68 valence electrons. The van der Waals surface area contributed by atoms with Gasteiger partial charge in [0.05, 0.1) is 0 Å². The van der Waals surface area contributed by atoms with Crippen molar-refractivity contribution < 1.29 is 0 Å². The summed E-state index contributed by atoms with van der Waals surface area (Å²) < 4.78 is 0. The zero-order valence-corrected chi connectivity index (χ0v) is 8.69. The topological polar surface area (TPSA) is 29.3 Å². The summed E-state index contributed by atoms with van der Waals surface area (Å²) in [6, 6.07) is 2.28. The van der Waals surface area contributed by atoms with Crippen LogP contribution < -0.4 is 5.73 Å². The number of thiophene rings is 1. The van der Waals surface area contributed by atoms with Gasteiger partial charge in [-0.25, -0.2) is 0 Å². The average Bonchev–Trinajstić information content (AvgIpc) is 2.33. The van der Waals surface area contributed by atoms with Crippen molar-refractivity contribution in [3.05, 3.63) is 21.9 Å². The van der Waals surface area contributed by atoms with E-state index in [-0.39, 0.29) is 6.04 Å². The summed E-state index contributed by atoms with van der Waals surface area (Å²) in [4.78, 5) is 3.45. The van der Waals surface area contributed by atoms with E-state index in [1.807, 2.05) is 14.1 Å². The Hall–Kier alpha value is -0.380. The second-order valence-corrected chi connectivity index (χ2v) is 4.42. The minimum Gasteiger partial charge on any atom is -0.323 e. The van der Waals surface area contributed by atoms with Crippen molar-refractivity contribution in [2.24, 2.45) is 5.73 Å². The molecule has 1 atom stereocenters. The zero-order chi connectivity index (χ0) is 9.14. The van der Waals surface area contributed by atoms with Gasteiger partial charge in [-0.15, -0.1) is 11.3 Å². The maximum atomic E-state index is 6.01. The van der Waals surface area contributed by atoms with Crippen LogP contribution in [0.15, 0.2) is 11.4 Å². The lowest BCUT2D eigenvalue weighted by molar-refractivity contribution is 0.376. The van der Waals surface area contributed by atoms with Gasteiger partial charge in [0.15, 0.2) is 0 Å². The van der Waals surface area contributed by atoms with Gasteiger partial charge in [-0.2, -0.15) is 0 Å². The van der Waals surface area contributed by atoms with Gasteiger partial charge >= 0.3 is 0 Å². The predicted molar refractivity (Wildman–Crippen MR) is 54.5 cm³/mol. The van der Waals surface area contributed by atoms with E-state index in [1.54, 1.807) is 11.3 Å². The number of nitrogens with two attached hydrogens (primary N) is 1. The molecule has 0 amide bonds. The normalized spacial score (nSPS) is 13.8. The summed E-state index contributed by atoms with van der Waals surface area (Å²) in [7, 11) is 4.09. The molecule has 0 spiro atoms. The third-order valence-corrected chi connectivity index (χ3v) is 2.72. The van der Waals surface area contributed by atoms with Gasteiger partial charge in [-0.3, -0.25) is 0 Å². The second kappa shape index (κ2) is 4.03. The Bertz CT molecular complexity index is 242. The number of hydrogen-bond acceptors (Lipinski definition) is 3. The molecule has 1 aromatic rings. The fourth-order valence-corrected chi connectivity index (χ4v) is 2.05. The summed E-state index contributed by atoms with van der Waals surface area (Å²) in [6.07, 6.45) is 0. The van der Waals surface area contributed by atoms with Crippen LogP contribution in [-0.4, -0.2) is 25.5 Å². The average molecular weight is 184 g/mol. The van der Waals surface area contributed by atoms with E-state index in [0.29, 0.717) is 0 Å². The third kappa shape index (κ3) is 2.30. The van der Waals surface area contributed by atoms with Gasteiger partial charge in [0.1, 0.15) is 0 Å². The minimum absolute atomic E-state index is 0.159. The van der Waals surface area contributed by atoms with Crippen LogP contribution >= 0.6 is 11.3 Å². The molecule has 2 nitrogen and oxygen atoms in total. The minimum atomic E-state index is 0.159. The van der Waals surface area contributed by atoms with E-state index < -0.39 is 0 Å². The number of rotatable bonds is 3. The molecule has 0 radical (unpaired) electrons. The van der Waals surface area contributed by atoms with E-state index in [4.69, 9.17) is 5.73 Å². The fourth-order valence-electron chi connectivity index (χ4n) is 1.27. The van der Waals surface area contributed by atoms with E-state index in [0.717, 1.165) is 6.54 Å². The highest BCUT2D eigenvalue weighted by Crippen LogP contribution is 2.20. The van der Waals surface area contributed by atoms with E-state index in [2.05, 4.69) is 23.3 Å². The lowest BCUT2D eigenvalue weighted by Gasteiger charge is -2.16. The van der Waals surface area contributed by atoms with E-state index in [1.165, 1.54) is 10.4 Å². The molecule has 3 heteroatoms.